The molecule has 0 spiro atoms. The second kappa shape index (κ2) is 8.35. The second-order valence-electron chi connectivity index (χ2n) is 6.33. The Hall–Kier alpha value is -4.00. The Labute approximate surface area is 167 Å². The van der Waals surface area contributed by atoms with Gasteiger partial charge in [-0.2, -0.15) is 4.68 Å². The number of rotatable bonds is 6. The van der Waals surface area contributed by atoms with E-state index in [1.54, 1.807) is 24.5 Å². The summed E-state index contributed by atoms with van der Waals surface area (Å²) in [5.74, 6) is 0.626. The zero-order chi connectivity index (χ0) is 20.1. The van der Waals surface area contributed by atoms with Gasteiger partial charge in [-0.25, -0.2) is 0 Å². The van der Waals surface area contributed by atoms with Gasteiger partial charge in [0.25, 0.3) is 5.91 Å². The molecule has 0 aliphatic heterocycles. The Bertz CT molecular complexity index is 1110. The van der Waals surface area contributed by atoms with Crippen molar-refractivity contribution in [1.82, 2.24) is 20.2 Å². The SMILES string of the molecule is CCc1ccc(NC(=O)C(=Cc2ccco2)n2nnnc2-c2ccccc2)cc1. The first-order chi connectivity index (χ1) is 14.2. The predicted molar refractivity (Wildman–Crippen MR) is 111 cm³/mol. The van der Waals surface area contributed by atoms with Crippen LogP contribution in [0.15, 0.2) is 77.4 Å². The number of anilines is 1. The number of amides is 1. The van der Waals surface area contributed by atoms with Crippen molar-refractivity contribution in [2.45, 2.75) is 13.3 Å². The zero-order valence-corrected chi connectivity index (χ0v) is 15.8. The molecule has 0 radical (unpaired) electrons. The van der Waals surface area contributed by atoms with E-state index in [1.165, 1.54) is 10.2 Å². The Balaban J connectivity index is 1.72. The van der Waals surface area contributed by atoms with E-state index < -0.39 is 0 Å². The Kier molecular flexibility index (Phi) is 5.29. The highest BCUT2D eigenvalue weighted by Gasteiger charge is 2.20. The minimum Gasteiger partial charge on any atom is -0.465 e. The Morgan fingerprint density at radius 2 is 1.86 bits per heavy atom. The lowest BCUT2D eigenvalue weighted by molar-refractivity contribution is -0.111. The number of hydrogen-bond acceptors (Lipinski definition) is 5. The van der Waals surface area contributed by atoms with Crippen molar-refractivity contribution in [1.29, 1.82) is 0 Å². The van der Waals surface area contributed by atoms with E-state index in [9.17, 15) is 4.79 Å². The average Bonchev–Trinajstić information content (AvgIpc) is 3.45. The van der Waals surface area contributed by atoms with Crippen molar-refractivity contribution < 1.29 is 9.21 Å². The molecule has 7 nitrogen and oxygen atoms in total. The van der Waals surface area contributed by atoms with Crippen LogP contribution in [-0.2, 0) is 11.2 Å². The summed E-state index contributed by atoms with van der Waals surface area (Å²) in [5, 5.41) is 14.8. The number of nitrogens with zero attached hydrogens (tertiary/aromatic N) is 4. The van der Waals surface area contributed by atoms with Gasteiger partial charge in [-0.3, -0.25) is 4.79 Å². The fourth-order valence-corrected chi connectivity index (χ4v) is 2.87. The van der Waals surface area contributed by atoms with Crippen LogP contribution in [0.3, 0.4) is 0 Å². The van der Waals surface area contributed by atoms with Gasteiger partial charge in [0.1, 0.15) is 11.5 Å². The third-order valence-corrected chi connectivity index (χ3v) is 4.40. The van der Waals surface area contributed by atoms with E-state index in [2.05, 4.69) is 27.8 Å². The van der Waals surface area contributed by atoms with Crippen LogP contribution >= 0.6 is 0 Å². The highest BCUT2D eigenvalue weighted by Crippen LogP contribution is 2.22. The third-order valence-electron chi connectivity index (χ3n) is 4.40. The summed E-state index contributed by atoms with van der Waals surface area (Å²) < 4.78 is 6.81. The van der Waals surface area contributed by atoms with Gasteiger partial charge in [0, 0.05) is 17.3 Å². The van der Waals surface area contributed by atoms with E-state index in [0.29, 0.717) is 17.3 Å². The van der Waals surface area contributed by atoms with Crippen molar-refractivity contribution in [2.75, 3.05) is 5.32 Å². The third kappa shape index (κ3) is 4.14. The number of aryl methyl sites for hydroxylation is 1. The van der Waals surface area contributed by atoms with E-state index >= 15 is 0 Å². The first kappa shape index (κ1) is 18.4. The van der Waals surface area contributed by atoms with E-state index in [1.807, 2.05) is 54.6 Å². The van der Waals surface area contributed by atoms with E-state index in [4.69, 9.17) is 4.42 Å². The summed E-state index contributed by atoms with van der Waals surface area (Å²) in [6.07, 6.45) is 4.09. The second-order valence-corrected chi connectivity index (χ2v) is 6.33. The number of hydrogen-bond donors (Lipinski definition) is 1. The first-order valence-electron chi connectivity index (χ1n) is 9.24. The molecule has 4 aromatic rings. The lowest BCUT2D eigenvalue weighted by atomic mass is 10.1. The molecule has 2 aromatic carbocycles. The molecule has 0 saturated heterocycles. The summed E-state index contributed by atoms with van der Waals surface area (Å²) in [6.45, 7) is 2.08. The molecule has 144 valence electrons. The zero-order valence-electron chi connectivity index (χ0n) is 15.8. The van der Waals surface area contributed by atoms with Gasteiger partial charge in [0.2, 0.25) is 0 Å². The topological polar surface area (TPSA) is 85.8 Å². The summed E-state index contributed by atoms with van der Waals surface area (Å²) in [7, 11) is 0. The van der Waals surface area contributed by atoms with Crippen LogP contribution in [-0.4, -0.2) is 26.1 Å². The molecule has 0 aliphatic carbocycles. The average molecular weight is 385 g/mol. The monoisotopic (exact) mass is 385 g/mol. The summed E-state index contributed by atoms with van der Waals surface area (Å²) in [4.78, 5) is 13.1. The molecule has 0 bridgehead atoms. The molecule has 1 N–H and O–H groups in total. The van der Waals surface area contributed by atoms with Crippen molar-refractivity contribution in [3.05, 3.63) is 84.3 Å². The molecule has 0 atom stereocenters. The number of carbonyl (C=O) groups is 1. The van der Waals surface area contributed by atoms with Gasteiger partial charge in [-0.15, -0.1) is 5.10 Å². The molecular formula is C22H19N5O2. The lowest BCUT2D eigenvalue weighted by Gasteiger charge is -2.11. The summed E-state index contributed by atoms with van der Waals surface area (Å²) >= 11 is 0. The quantitative estimate of drug-likeness (QED) is 0.504. The van der Waals surface area contributed by atoms with Crippen LogP contribution < -0.4 is 5.32 Å². The number of carbonyl (C=O) groups excluding carboxylic acids is 1. The largest absolute Gasteiger partial charge is 0.465 e. The van der Waals surface area contributed by atoms with Crippen molar-refractivity contribution in [3.8, 4) is 11.4 Å². The summed E-state index contributed by atoms with van der Waals surface area (Å²) in [6, 6.07) is 20.7. The Morgan fingerprint density at radius 1 is 1.07 bits per heavy atom. The maximum absolute atomic E-state index is 13.1. The highest BCUT2D eigenvalue weighted by molar-refractivity contribution is 6.24. The standard InChI is InChI=1S/C22H19N5O2/c1-2-16-10-12-18(13-11-16)23-22(28)20(15-19-9-6-14-29-19)27-21(24-25-26-27)17-7-4-3-5-8-17/h3-15H,2H2,1H3,(H,23,28). The van der Waals surface area contributed by atoms with Gasteiger partial charge >= 0.3 is 0 Å². The Morgan fingerprint density at radius 3 is 2.55 bits per heavy atom. The molecule has 0 aliphatic rings. The van der Waals surface area contributed by atoms with Crippen LogP contribution in [0, 0.1) is 0 Å². The molecule has 0 fully saturated rings. The maximum Gasteiger partial charge on any atom is 0.274 e. The number of nitrogens with one attached hydrogen (secondary N) is 1. The highest BCUT2D eigenvalue weighted by atomic mass is 16.3. The molecule has 0 saturated carbocycles. The molecule has 2 aromatic heterocycles. The van der Waals surface area contributed by atoms with E-state index in [-0.39, 0.29) is 11.6 Å². The molecular weight excluding hydrogens is 366 g/mol. The fraction of sp³-hybridized carbons (Fsp3) is 0.0909. The van der Waals surface area contributed by atoms with Crippen molar-refractivity contribution in [3.63, 3.8) is 0 Å². The summed E-state index contributed by atoms with van der Waals surface area (Å²) in [5.41, 5.74) is 2.92. The molecule has 2 heterocycles. The van der Waals surface area contributed by atoms with Crippen molar-refractivity contribution >= 4 is 23.4 Å². The van der Waals surface area contributed by atoms with Crippen LogP contribution in [0.5, 0.6) is 0 Å². The van der Waals surface area contributed by atoms with Gasteiger partial charge in [0.05, 0.1) is 6.26 Å². The molecule has 0 unspecified atom stereocenters. The van der Waals surface area contributed by atoms with Crippen LogP contribution in [0.25, 0.3) is 23.2 Å². The van der Waals surface area contributed by atoms with Gasteiger partial charge in [0.15, 0.2) is 5.82 Å². The van der Waals surface area contributed by atoms with Crippen LogP contribution in [0.4, 0.5) is 5.69 Å². The normalized spacial score (nSPS) is 11.4. The van der Waals surface area contributed by atoms with Crippen molar-refractivity contribution in [2.24, 2.45) is 0 Å². The number of benzene rings is 2. The van der Waals surface area contributed by atoms with Crippen LogP contribution in [0.2, 0.25) is 0 Å². The molecule has 4 rings (SSSR count). The molecule has 7 heteroatoms. The number of furan rings is 1. The smallest absolute Gasteiger partial charge is 0.274 e. The minimum absolute atomic E-state index is 0.239. The minimum atomic E-state index is -0.352. The van der Waals surface area contributed by atoms with Gasteiger partial charge in [-0.1, -0.05) is 49.4 Å². The predicted octanol–water partition coefficient (Wildman–Crippen LogP) is 4.13. The molecule has 29 heavy (non-hydrogen) atoms. The maximum atomic E-state index is 13.1. The fourth-order valence-electron chi connectivity index (χ4n) is 2.87. The van der Waals surface area contributed by atoms with Gasteiger partial charge < -0.3 is 9.73 Å². The van der Waals surface area contributed by atoms with Gasteiger partial charge in [-0.05, 0) is 46.7 Å². The lowest BCUT2D eigenvalue weighted by Crippen LogP contribution is -2.19. The van der Waals surface area contributed by atoms with Crippen LogP contribution in [0.1, 0.15) is 18.2 Å². The number of tetrazole rings is 1. The van der Waals surface area contributed by atoms with E-state index in [0.717, 1.165) is 12.0 Å². The molecule has 1 amide bonds. The first-order valence-corrected chi connectivity index (χ1v) is 9.24. The number of aromatic nitrogens is 4.